The zero-order chi connectivity index (χ0) is 34.9. The molecule has 4 rings (SSSR count). The first-order chi connectivity index (χ1) is 21.6. The molecule has 0 atom stereocenters. The summed E-state index contributed by atoms with van der Waals surface area (Å²) in [6.45, 7) is 10.3. The van der Waals surface area contributed by atoms with Gasteiger partial charge in [-0.1, -0.05) is 20.8 Å². The normalized spacial score (nSPS) is 10.5. The molecule has 0 aliphatic carbocycles. The van der Waals surface area contributed by atoms with Crippen molar-refractivity contribution in [3.63, 3.8) is 0 Å². The van der Waals surface area contributed by atoms with E-state index in [9.17, 15) is 27.2 Å². The number of hydrogen-bond acceptors (Lipinski definition) is 7. The van der Waals surface area contributed by atoms with Crippen molar-refractivity contribution in [2.75, 3.05) is 0 Å². The maximum atomic E-state index is 13.1. The number of hydrogen-bond donors (Lipinski definition) is 1. The molecule has 0 aromatic carbocycles. The van der Waals surface area contributed by atoms with Crippen molar-refractivity contribution >= 4 is 11.8 Å². The predicted molar refractivity (Wildman–Crippen MR) is 166 cm³/mol. The van der Waals surface area contributed by atoms with Gasteiger partial charge < -0.3 is 5.11 Å². The summed E-state index contributed by atoms with van der Waals surface area (Å²) in [6.07, 6.45) is 5.70. The van der Waals surface area contributed by atoms with Gasteiger partial charge in [-0.25, -0.2) is 9.78 Å². The van der Waals surface area contributed by atoms with E-state index >= 15 is 0 Å². The Morgan fingerprint density at radius 1 is 0.717 bits per heavy atom. The molecule has 0 unspecified atom stereocenters. The average Bonchev–Trinajstić information content (AvgIpc) is 3.05. The van der Waals surface area contributed by atoms with Gasteiger partial charge in [0.2, 0.25) is 0 Å². The number of carbonyl (C=O) groups is 2. The van der Waals surface area contributed by atoms with Crippen molar-refractivity contribution in [3.05, 3.63) is 118 Å². The van der Waals surface area contributed by atoms with Gasteiger partial charge >= 0.3 is 5.97 Å². The second kappa shape index (κ2) is 18.7. The highest BCUT2D eigenvalue weighted by Gasteiger charge is 2.31. The van der Waals surface area contributed by atoms with Crippen molar-refractivity contribution in [1.29, 1.82) is 5.26 Å². The molecule has 244 valence electrons. The lowest BCUT2D eigenvalue weighted by Gasteiger charge is -2.12. The van der Waals surface area contributed by atoms with E-state index in [-0.39, 0.29) is 23.5 Å². The van der Waals surface area contributed by atoms with Gasteiger partial charge in [0.25, 0.3) is 11.8 Å². The van der Waals surface area contributed by atoms with Crippen LogP contribution >= 0.6 is 0 Å². The number of halogens is 4. The van der Waals surface area contributed by atoms with Crippen LogP contribution in [0.2, 0.25) is 0 Å². The lowest BCUT2D eigenvalue weighted by atomic mass is 10.1. The molecule has 4 aromatic heterocycles. The summed E-state index contributed by atoms with van der Waals surface area (Å²) in [5.74, 6) is -6.98. The summed E-state index contributed by atoms with van der Waals surface area (Å²) < 4.78 is 52.2. The molecule has 12 heteroatoms. The number of alkyl halides is 4. The number of Topliss-reactive ketones (excluding diaryl/α,β-unsaturated/α-hetero) is 1. The smallest absolute Gasteiger partial charge is 0.335 e. The Balaban J connectivity index is 0.000000310. The van der Waals surface area contributed by atoms with Crippen molar-refractivity contribution in [1.82, 2.24) is 19.9 Å². The maximum absolute atomic E-state index is 13.1. The van der Waals surface area contributed by atoms with Gasteiger partial charge in [-0.05, 0) is 86.0 Å². The molecule has 4 heterocycles. The third-order valence-corrected chi connectivity index (χ3v) is 6.11. The number of nitriles is 1. The van der Waals surface area contributed by atoms with Gasteiger partial charge in [0.15, 0.2) is 5.78 Å². The summed E-state index contributed by atoms with van der Waals surface area (Å²) in [7, 11) is 0. The number of aryl methyl sites for hydroxylation is 3. The molecule has 0 saturated heterocycles. The van der Waals surface area contributed by atoms with E-state index in [1.807, 2.05) is 45.0 Å². The molecule has 0 amide bonds. The first-order valence-electron chi connectivity index (χ1n) is 14.3. The van der Waals surface area contributed by atoms with Crippen molar-refractivity contribution < 1.29 is 32.3 Å². The average molecular weight is 640 g/mol. The second-order valence-corrected chi connectivity index (χ2v) is 9.89. The van der Waals surface area contributed by atoms with Gasteiger partial charge in [-0.15, -0.1) is 0 Å². The van der Waals surface area contributed by atoms with Crippen molar-refractivity contribution in [2.24, 2.45) is 0 Å². The molecule has 4 aromatic rings. The molecule has 0 spiro atoms. The quantitative estimate of drug-likeness (QED) is 0.158. The minimum atomic E-state index is -3.06. The lowest BCUT2D eigenvalue weighted by molar-refractivity contribution is -0.0133. The Labute approximate surface area is 266 Å². The van der Waals surface area contributed by atoms with Crippen LogP contribution in [0.5, 0.6) is 0 Å². The summed E-state index contributed by atoms with van der Waals surface area (Å²) in [5.41, 5.74) is 3.21. The third-order valence-electron chi connectivity index (χ3n) is 6.11. The number of pyridine rings is 4. The van der Waals surface area contributed by atoms with Crippen LogP contribution in [-0.4, -0.2) is 36.8 Å². The molecule has 8 nitrogen and oxygen atoms in total. The standard InChI is InChI=1S/C9H9F2NO2.C9H11F2N.C9H11NO.C7H6N2/c1-2-9(10,11)7-5-6(8(13)14)3-4-12-7;1-3-9(10,11)8-6-7(2)4-5-12-8;1-3-9(11)8-6-7(2)4-5-10-8;1-6-2-3-9-7(4-6)5-8/h3-5H,2H2,1H3,(H,13,14);4-6H,3H2,1-2H3;4-6H,3H2,1-2H3;2-4H,1H3. The van der Waals surface area contributed by atoms with Crippen LogP contribution in [0.1, 0.15) is 94.7 Å². The fourth-order valence-electron chi connectivity index (χ4n) is 3.33. The number of ketones is 1. The number of carboxylic acid groups (broad SMARTS) is 1. The lowest BCUT2D eigenvalue weighted by Crippen LogP contribution is -2.14. The monoisotopic (exact) mass is 639 g/mol. The molecule has 0 aliphatic rings. The molecule has 0 saturated carbocycles. The second-order valence-electron chi connectivity index (χ2n) is 9.89. The van der Waals surface area contributed by atoms with Crippen LogP contribution in [-0.2, 0) is 11.8 Å². The fraction of sp³-hybridized carbons (Fsp3) is 0.324. The molecule has 0 aliphatic heterocycles. The molecular weight excluding hydrogens is 602 g/mol. The number of nitrogens with zero attached hydrogens (tertiary/aromatic N) is 5. The van der Waals surface area contributed by atoms with Crippen molar-refractivity contribution in [3.8, 4) is 6.07 Å². The van der Waals surface area contributed by atoms with E-state index in [1.165, 1.54) is 32.2 Å². The summed E-state index contributed by atoms with van der Waals surface area (Å²) in [4.78, 5) is 36.4. The summed E-state index contributed by atoms with van der Waals surface area (Å²) in [6, 6.07) is 14.5. The van der Waals surface area contributed by atoms with E-state index in [0.717, 1.165) is 29.0 Å². The summed E-state index contributed by atoms with van der Waals surface area (Å²) >= 11 is 0. The van der Waals surface area contributed by atoms with E-state index < -0.39 is 29.9 Å². The van der Waals surface area contributed by atoms with Crippen LogP contribution < -0.4 is 0 Å². The van der Waals surface area contributed by atoms with Crippen molar-refractivity contribution in [2.45, 2.75) is 72.6 Å². The zero-order valence-corrected chi connectivity index (χ0v) is 26.6. The van der Waals surface area contributed by atoms with Gasteiger partial charge in [0.1, 0.15) is 28.8 Å². The number of carboxylic acids is 1. The van der Waals surface area contributed by atoms with Crippen LogP contribution in [0.15, 0.2) is 73.3 Å². The number of rotatable bonds is 7. The molecule has 0 radical (unpaired) electrons. The topological polar surface area (TPSA) is 130 Å². The maximum Gasteiger partial charge on any atom is 0.335 e. The fourth-order valence-corrected chi connectivity index (χ4v) is 3.33. The molecule has 1 N–H and O–H groups in total. The zero-order valence-electron chi connectivity index (χ0n) is 26.6. The van der Waals surface area contributed by atoms with Gasteiger partial charge in [-0.2, -0.15) is 22.8 Å². The Kier molecular flexibility index (Phi) is 15.8. The predicted octanol–water partition coefficient (Wildman–Crippen LogP) is 8.42. The molecular formula is C34H37F4N5O3. The Morgan fingerprint density at radius 3 is 1.59 bits per heavy atom. The number of aromatic carboxylic acids is 1. The first kappa shape index (κ1) is 39.0. The minimum Gasteiger partial charge on any atom is -0.478 e. The number of aromatic nitrogens is 4. The third kappa shape index (κ3) is 13.3. The van der Waals surface area contributed by atoms with Gasteiger partial charge in [-0.3, -0.25) is 19.7 Å². The summed E-state index contributed by atoms with van der Waals surface area (Å²) in [5, 5.41) is 16.9. The SMILES string of the molecule is CCC(=O)c1cc(C)ccn1.CCC(F)(F)c1cc(C(=O)O)ccn1.CCC(F)(F)c1cc(C)ccn1.Cc1ccnc(C#N)c1. The van der Waals surface area contributed by atoms with Gasteiger partial charge in [0, 0.05) is 44.0 Å². The van der Waals surface area contributed by atoms with Crippen LogP contribution in [0, 0.1) is 32.1 Å². The van der Waals surface area contributed by atoms with E-state index in [0.29, 0.717) is 17.8 Å². The Morgan fingerprint density at radius 2 is 1.17 bits per heavy atom. The minimum absolute atomic E-state index is 0.105. The van der Waals surface area contributed by atoms with Gasteiger partial charge in [0.05, 0.1) is 5.56 Å². The molecule has 0 bridgehead atoms. The van der Waals surface area contributed by atoms with Crippen LogP contribution in [0.4, 0.5) is 17.6 Å². The highest BCUT2D eigenvalue weighted by atomic mass is 19.3. The van der Waals surface area contributed by atoms with Crippen LogP contribution in [0.25, 0.3) is 0 Å². The van der Waals surface area contributed by atoms with E-state index in [4.69, 9.17) is 10.4 Å². The van der Waals surface area contributed by atoms with E-state index in [1.54, 1.807) is 31.5 Å². The van der Waals surface area contributed by atoms with E-state index in [2.05, 4.69) is 19.9 Å². The first-order valence-corrected chi connectivity index (χ1v) is 14.3. The Bertz CT molecular complexity index is 1620. The number of carbonyl (C=O) groups excluding carboxylic acids is 1. The largest absolute Gasteiger partial charge is 0.478 e. The highest BCUT2D eigenvalue weighted by molar-refractivity contribution is 5.94. The highest BCUT2D eigenvalue weighted by Crippen LogP contribution is 2.30. The van der Waals surface area contributed by atoms with Crippen LogP contribution in [0.3, 0.4) is 0 Å². The molecule has 46 heavy (non-hydrogen) atoms. The molecule has 0 fully saturated rings. The Hall–Kier alpha value is -5.05.